The van der Waals surface area contributed by atoms with Gasteiger partial charge in [0, 0.05) is 6.00 Å². The van der Waals surface area contributed by atoms with Crippen LogP contribution in [0.4, 0.5) is 0 Å². The highest BCUT2D eigenvalue weighted by Crippen LogP contribution is 2.15. The van der Waals surface area contributed by atoms with Gasteiger partial charge in [-0.3, -0.25) is 0 Å². The van der Waals surface area contributed by atoms with Crippen LogP contribution in [0.2, 0.25) is 0 Å². The van der Waals surface area contributed by atoms with Gasteiger partial charge in [0.1, 0.15) is 7.85 Å². The summed E-state index contributed by atoms with van der Waals surface area (Å²) >= 11 is 0. The standard InChI is InChI=1S/C5H10BNO/c1-5(2,3-7)4(6)8/h4,8H,6H2,1-2H3. The molecule has 0 fully saturated rings. The largest absolute Gasteiger partial charge is 0.401 e. The van der Waals surface area contributed by atoms with Crippen molar-refractivity contribution < 1.29 is 5.11 Å². The zero-order chi connectivity index (χ0) is 6.78. The van der Waals surface area contributed by atoms with Crippen molar-refractivity contribution in [2.75, 3.05) is 0 Å². The van der Waals surface area contributed by atoms with Gasteiger partial charge in [-0.15, -0.1) is 0 Å². The molecule has 0 aromatic carbocycles. The predicted octanol–water partition coefficient (Wildman–Crippen LogP) is -0.512. The molecule has 44 valence electrons. The Balaban J connectivity index is 3.97. The quantitative estimate of drug-likeness (QED) is 0.463. The van der Waals surface area contributed by atoms with Crippen LogP contribution in [0.15, 0.2) is 0 Å². The van der Waals surface area contributed by atoms with E-state index < -0.39 is 11.4 Å². The van der Waals surface area contributed by atoms with Crippen molar-refractivity contribution in [2.45, 2.75) is 19.9 Å². The molecule has 1 atom stereocenters. The Morgan fingerprint density at radius 1 is 1.75 bits per heavy atom. The van der Waals surface area contributed by atoms with Crippen molar-refractivity contribution in [1.29, 1.82) is 5.26 Å². The van der Waals surface area contributed by atoms with Gasteiger partial charge in [-0.1, -0.05) is 0 Å². The Bertz CT molecular complexity index is 114. The number of rotatable bonds is 1. The average molecular weight is 111 g/mol. The molecular formula is C5H10BNO. The molecule has 0 aliphatic heterocycles. The van der Waals surface area contributed by atoms with E-state index in [1.165, 1.54) is 0 Å². The minimum atomic E-state index is -0.597. The minimum Gasteiger partial charge on any atom is -0.401 e. The van der Waals surface area contributed by atoms with Gasteiger partial charge in [0.2, 0.25) is 0 Å². The van der Waals surface area contributed by atoms with E-state index >= 15 is 0 Å². The highest BCUT2D eigenvalue weighted by Gasteiger charge is 2.22. The lowest BCUT2D eigenvalue weighted by molar-refractivity contribution is 0.162. The maximum Gasteiger partial charge on any atom is 0.140 e. The summed E-state index contributed by atoms with van der Waals surface area (Å²) in [6, 6.07) is 1.44. The second-order valence-electron chi connectivity index (χ2n) is 2.51. The summed E-state index contributed by atoms with van der Waals surface area (Å²) in [4.78, 5) is 0. The Kier molecular flexibility index (Phi) is 2.06. The van der Waals surface area contributed by atoms with Crippen LogP contribution in [0.1, 0.15) is 13.8 Å². The van der Waals surface area contributed by atoms with Gasteiger partial charge in [-0.25, -0.2) is 0 Å². The molecule has 0 saturated heterocycles. The van der Waals surface area contributed by atoms with E-state index in [0.29, 0.717) is 0 Å². The second kappa shape index (κ2) is 2.19. The number of aliphatic hydroxyl groups is 1. The highest BCUT2D eigenvalue weighted by atomic mass is 16.3. The van der Waals surface area contributed by atoms with Crippen LogP contribution < -0.4 is 0 Å². The predicted molar refractivity (Wildman–Crippen MR) is 33.9 cm³/mol. The zero-order valence-corrected chi connectivity index (χ0v) is 5.47. The molecule has 1 unspecified atom stereocenters. The molecule has 8 heavy (non-hydrogen) atoms. The van der Waals surface area contributed by atoms with Crippen LogP contribution >= 0.6 is 0 Å². The van der Waals surface area contributed by atoms with Gasteiger partial charge in [-0.05, 0) is 13.8 Å². The van der Waals surface area contributed by atoms with Gasteiger partial charge in [0.05, 0.1) is 11.5 Å². The molecule has 0 spiro atoms. The molecule has 0 heterocycles. The molecule has 0 aliphatic rings. The molecular weight excluding hydrogens is 101 g/mol. The van der Waals surface area contributed by atoms with E-state index in [2.05, 4.69) is 0 Å². The van der Waals surface area contributed by atoms with Gasteiger partial charge in [0.25, 0.3) is 0 Å². The fourth-order valence-electron chi connectivity index (χ4n) is 0.0934. The first kappa shape index (κ1) is 7.51. The van der Waals surface area contributed by atoms with Gasteiger partial charge >= 0.3 is 0 Å². The van der Waals surface area contributed by atoms with E-state index in [1.807, 2.05) is 6.07 Å². The van der Waals surface area contributed by atoms with Crippen LogP contribution in [0.5, 0.6) is 0 Å². The third kappa shape index (κ3) is 1.55. The Labute approximate surface area is 50.5 Å². The molecule has 0 aromatic heterocycles. The van der Waals surface area contributed by atoms with E-state index in [-0.39, 0.29) is 0 Å². The van der Waals surface area contributed by atoms with E-state index in [9.17, 15) is 0 Å². The normalized spacial score (nSPS) is 14.8. The number of hydrogen-bond acceptors (Lipinski definition) is 2. The van der Waals surface area contributed by atoms with Gasteiger partial charge in [-0.2, -0.15) is 5.26 Å². The SMILES string of the molecule is BC(O)C(C)(C)C#N. The molecule has 0 saturated carbocycles. The molecule has 1 N–H and O–H groups in total. The summed E-state index contributed by atoms with van der Waals surface area (Å²) in [6.45, 7) is 3.41. The second-order valence-corrected chi connectivity index (χ2v) is 2.51. The van der Waals surface area contributed by atoms with Crippen LogP contribution in [0.3, 0.4) is 0 Å². The summed E-state index contributed by atoms with van der Waals surface area (Å²) in [5.74, 6) is 0. The summed E-state index contributed by atoms with van der Waals surface area (Å²) in [6.07, 6.45) is 0. The molecule has 0 radical (unpaired) electrons. The lowest BCUT2D eigenvalue weighted by atomic mass is 9.77. The molecule has 0 rings (SSSR count). The maximum absolute atomic E-state index is 8.86. The fraction of sp³-hybridized carbons (Fsp3) is 0.800. The third-order valence-electron chi connectivity index (χ3n) is 1.33. The summed E-state index contributed by atoms with van der Waals surface area (Å²) in [5, 5.41) is 17.2. The molecule has 0 aliphatic carbocycles. The van der Waals surface area contributed by atoms with Crippen LogP contribution in [0.25, 0.3) is 0 Å². The minimum absolute atomic E-state index is 0.549. The van der Waals surface area contributed by atoms with Crippen LogP contribution in [0, 0.1) is 16.7 Å². The molecule has 0 bridgehead atoms. The van der Waals surface area contributed by atoms with Crippen molar-refractivity contribution >= 4 is 7.85 Å². The van der Waals surface area contributed by atoms with E-state index in [0.717, 1.165) is 0 Å². The van der Waals surface area contributed by atoms with E-state index in [1.54, 1.807) is 21.7 Å². The smallest absolute Gasteiger partial charge is 0.140 e. The zero-order valence-electron chi connectivity index (χ0n) is 5.47. The lowest BCUT2D eigenvalue weighted by Crippen LogP contribution is -2.27. The topological polar surface area (TPSA) is 44.0 Å². The number of hydrogen-bond donors (Lipinski definition) is 1. The number of nitriles is 1. The van der Waals surface area contributed by atoms with Crippen molar-refractivity contribution in [3.05, 3.63) is 0 Å². The first-order chi connectivity index (χ1) is 3.50. The Morgan fingerprint density at radius 3 is 2.12 bits per heavy atom. The van der Waals surface area contributed by atoms with Crippen LogP contribution in [-0.4, -0.2) is 19.0 Å². The average Bonchev–Trinajstić information content (AvgIpc) is 1.67. The first-order valence-electron chi connectivity index (χ1n) is 2.60. The molecule has 2 nitrogen and oxygen atoms in total. The van der Waals surface area contributed by atoms with Gasteiger partial charge in [0.15, 0.2) is 0 Å². The molecule has 0 amide bonds. The van der Waals surface area contributed by atoms with Crippen LogP contribution in [-0.2, 0) is 0 Å². The Hall–Kier alpha value is -0.485. The van der Waals surface area contributed by atoms with Crippen molar-refractivity contribution in [2.24, 2.45) is 5.41 Å². The van der Waals surface area contributed by atoms with Gasteiger partial charge < -0.3 is 5.11 Å². The maximum atomic E-state index is 8.86. The summed E-state index contributed by atoms with van der Waals surface area (Å²) in [5.41, 5.74) is -0.597. The third-order valence-corrected chi connectivity index (χ3v) is 1.33. The Morgan fingerprint density at radius 2 is 2.12 bits per heavy atom. The van der Waals surface area contributed by atoms with Crippen molar-refractivity contribution in [3.8, 4) is 6.07 Å². The van der Waals surface area contributed by atoms with Crippen molar-refractivity contribution in [3.63, 3.8) is 0 Å². The lowest BCUT2D eigenvalue weighted by Gasteiger charge is -2.17. The first-order valence-corrected chi connectivity index (χ1v) is 2.60. The molecule has 0 aromatic rings. The number of nitrogens with zero attached hydrogens (tertiary/aromatic N) is 1. The van der Waals surface area contributed by atoms with Crippen molar-refractivity contribution in [1.82, 2.24) is 0 Å². The summed E-state index contributed by atoms with van der Waals surface area (Å²) < 4.78 is 0. The number of aliphatic hydroxyl groups excluding tert-OH is 1. The summed E-state index contributed by atoms with van der Waals surface area (Å²) in [7, 11) is 1.61. The monoisotopic (exact) mass is 111 g/mol. The molecule has 3 heteroatoms. The highest BCUT2D eigenvalue weighted by molar-refractivity contribution is 6.11. The fourth-order valence-corrected chi connectivity index (χ4v) is 0.0934. The van der Waals surface area contributed by atoms with E-state index in [4.69, 9.17) is 10.4 Å².